The number of oxazole rings is 1. The third kappa shape index (κ3) is 2.25. The Hall–Kier alpha value is -1.43. The molecule has 2 atom stereocenters. The molecule has 5 nitrogen and oxygen atoms in total. The molecule has 0 unspecified atom stereocenters. The zero-order valence-electron chi connectivity index (χ0n) is 10.6. The van der Waals surface area contributed by atoms with E-state index in [1.165, 1.54) is 17.6 Å². The first-order valence-corrected chi connectivity index (χ1v) is 6.70. The molecule has 2 aliphatic rings. The Labute approximate surface area is 110 Å². The summed E-state index contributed by atoms with van der Waals surface area (Å²) in [5.74, 6) is 0.572. The summed E-state index contributed by atoms with van der Waals surface area (Å²) in [4.78, 5) is 17.8. The number of aliphatic hydroxyl groups excluding tert-OH is 1. The highest BCUT2D eigenvalue weighted by Gasteiger charge is 2.36. The molecule has 1 saturated heterocycles. The lowest BCUT2D eigenvalue weighted by molar-refractivity contribution is 0.0667. The van der Waals surface area contributed by atoms with Crippen LogP contribution in [-0.4, -0.2) is 46.3 Å². The molecule has 1 saturated carbocycles. The number of alkyl halides is 1. The highest BCUT2D eigenvalue weighted by atomic mass is 19.1. The number of aliphatic hydroxyl groups is 1. The van der Waals surface area contributed by atoms with E-state index in [2.05, 4.69) is 4.98 Å². The number of carbonyl (C=O) groups excluding carboxylic acids is 1. The molecule has 1 N–H and O–H groups in total. The van der Waals surface area contributed by atoms with E-state index < -0.39 is 12.2 Å². The van der Waals surface area contributed by atoms with Gasteiger partial charge in [0.15, 0.2) is 11.6 Å². The van der Waals surface area contributed by atoms with Crippen LogP contribution in [0.2, 0.25) is 0 Å². The van der Waals surface area contributed by atoms with Gasteiger partial charge in [-0.05, 0) is 12.8 Å². The number of likely N-dealkylation sites (tertiary alicyclic amines) is 1. The van der Waals surface area contributed by atoms with Crippen molar-refractivity contribution in [2.45, 2.75) is 43.8 Å². The van der Waals surface area contributed by atoms with Gasteiger partial charge in [-0.3, -0.25) is 4.79 Å². The van der Waals surface area contributed by atoms with Crippen molar-refractivity contribution >= 4 is 5.91 Å². The van der Waals surface area contributed by atoms with Gasteiger partial charge in [0.2, 0.25) is 0 Å². The minimum absolute atomic E-state index is 0.0235. The smallest absolute Gasteiger partial charge is 0.276 e. The highest BCUT2D eigenvalue weighted by molar-refractivity contribution is 5.92. The number of hydrogen-bond acceptors (Lipinski definition) is 4. The maximum Gasteiger partial charge on any atom is 0.276 e. The molecule has 2 heterocycles. The van der Waals surface area contributed by atoms with Crippen LogP contribution in [0.5, 0.6) is 0 Å². The third-order valence-corrected chi connectivity index (χ3v) is 4.03. The Morgan fingerprint density at radius 2 is 2.37 bits per heavy atom. The Bertz CT molecular complexity index is 472. The van der Waals surface area contributed by atoms with E-state index in [0.717, 1.165) is 12.8 Å². The lowest BCUT2D eigenvalue weighted by Crippen LogP contribution is -2.38. The Balaban J connectivity index is 1.74. The van der Waals surface area contributed by atoms with Crippen LogP contribution < -0.4 is 0 Å². The summed E-state index contributed by atoms with van der Waals surface area (Å²) in [6.07, 6.45) is 3.72. The number of amides is 1. The fraction of sp³-hybridized carbons (Fsp3) is 0.692. The number of hydrogen-bond donors (Lipinski definition) is 1. The van der Waals surface area contributed by atoms with E-state index in [1.807, 2.05) is 0 Å². The second kappa shape index (κ2) is 4.92. The predicted octanol–water partition coefficient (Wildman–Crippen LogP) is 1.49. The van der Waals surface area contributed by atoms with Crippen LogP contribution in [0.1, 0.15) is 48.0 Å². The maximum absolute atomic E-state index is 13.3. The molecular weight excluding hydrogens is 251 g/mol. The Morgan fingerprint density at radius 3 is 3.00 bits per heavy atom. The molecule has 2 fully saturated rings. The van der Waals surface area contributed by atoms with Gasteiger partial charge in [0, 0.05) is 12.3 Å². The predicted molar refractivity (Wildman–Crippen MR) is 64.5 cm³/mol. The van der Waals surface area contributed by atoms with Crippen molar-refractivity contribution in [2.24, 2.45) is 0 Å². The number of rotatable bonds is 3. The van der Waals surface area contributed by atoms with Crippen molar-refractivity contribution in [1.29, 1.82) is 0 Å². The average Bonchev–Trinajstić information content (AvgIpc) is 2.92. The molecule has 6 heteroatoms. The first kappa shape index (κ1) is 12.6. The molecule has 1 aliphatic carbocycles. The Kier molecular flexibility index (Phi) is 3.26. The summed E-state index contributed by atoms with van der Waals surface area (Å²) in [6.45, 7) is -0.199. The van der Waals surface area contributed by atoms with Gasteiger partial charge in [-0.1, -0.05) is 6.42 Å². The van der Waals surface area contributed by atoms with Gasteiger partial charge < -0.3 is 14.4 Å². The van der Waals surface area contributed by atoms with E-state index in [-0.39, 0.29) is 31.2 Å². The van der Waals surface area contributed by atoms with Gasteiger partial charge in [0.05, 0.1) is 19.2 Å². The van der Waals surface area contributed by atoms with Crippen LogP contribution in [0.25, 0.3) is 0 Å². The molecule has 19 heavy (non-hydrogen) atoms. The summed E-state index contributed by atoms with van der Waals surface area (Å²) in [6, 6.07) is -0.452. The molecule has 104 valence electrons. The largest absolute Gasteiger partial charge is 0.448 e. The molecule has 0 spiro atoms. The standard InChI is InChI=1S/C13H17FN2O3/c14-9-4-10(6-17)16(5-9)13(18)11-7-19-12(15-11)8-2-1-3-8/h7-10,17H,1-6H2/t9-,10-/m0/s1. The van der Waals surface area contributed by atoms with Crippen molar-refractivity contribution in [1.82, 2.24) is 9.88 Å². The summed E-state index contributed by atoms with van der Waals surface area (Å²) < 4.78 is 18.7. The Morgan fingerprint density at radius 1 is 1.58 bits per heavy atom. The SMILES string of the molecule is O=C(c1coc(C2CCC2)n1)N1C[C@@H](F)C[C@H]1CO. The van der Waals surface area contributed by atoms with Crippen LogP contribution >= 0.6 is 0 Å². The van der Waals surface area contributed by atoms with Gasteiger partial charge in [0.1, 0.15) is 12.4 Å². The van der Waals surface area contributed by atoms with Crippen LogP contribution in [0, 0.1) is 0 Å². The molecular formula is C13H17FN2O3. The van der Waals surface area contributed by atoms with Gasteiger partial charge in [0.25, 0.3) is 5.91 Å². The summed E-state index contributed by atoms with van der Waals surface area (Å²) in [5.41, 5.74) is 0.217. The summed E-state index contributed by atoms with van der Waals surface area (Å²) >= 11 is 0. The quantitative estimate of drug-likeness (QED) is 0.902. The van der Waals surface area contributed by atoms with Crippen LogP contribution in [-0.2, 0) is 0 Å². The molecule has 1 aromatic rings. The van der Waals surface area contributed by atoms with E-state index in [9.17, 15) is 14.3 Å². The first-order chi connectivity index (χ1) is 9.19. The van der Waals surface area contributed by atoms with Crippen LogP contribution in [0.4, 0.5) is 4.39 Å². The summed E-state index contributed by atoms with van der Waals surface area (Å²) in [5, 5.41) is 9.19. The molecule has 3 rings (SSSR count). The average molecular weight is 268 g/mol. The van der Waals surface area contributed by atoms with Crippen molar-refractivity contribution in [2.75, 3.05) is 13.2 Å². The maximum atomic E-state index is 13.3. The normalized spacial score (nSPS) is 27.6. The minimum Gasteiger partial charge on any atom is -0.448 e. The lowest BCUT2D eigenvalue weighted by Gasteiger charge is -2.22. The topological polar surface area (TPSA) is 66.6 Å². The van der Waals surface area contributed by atoms with Gasteiger partial charge in [-0.25, -0.2) is 9.37 Å². The molecule has 0 radical (unpaired) electrons. The fourth-order valence-corrected chi connectivity index (χ4v) is 2.66. The minimum atomic E-state index is -1.07. The molecule has 0 bridgehead atoms. The number of halogens is 1. The molecule has 1 aliphatic heterocycles. The second-order valence-corrected chi connectivity index (χ2v) is 5.33. The zero-order valence-corrected chi connectivity index (χ0v) is 10.6. The van der Waals surface area contributed by atoms with Crippen LogP contribution in [0.3, 0.4) is 0 Å². The van der Waals surface area contributed by atoms with E-state index in [1.54, 1.807) is 0 Å². The molecule has 0 aromatic carbocycles. The number of carbonyl (C=O) groups is 1. The van der Waals surface area contributed by atoms with Crippen molar-refractivity contribution in [3.8, 4) is 0 Å². The molecule has 1 amide bonds. The highest BCUT2D eigenvalue weighted by Crippen LogP contribution is 2.35. The third-order valence-electron chi connectivity index (χ3n) is 4.03. The first-order valence-electron chi connectivity index (χ1n) is 6.70. The van der Waals surface area contributed by atoms with Crippen LogP contribution in [0.15, 0.2) is 10.7 Å². The zero-order chi connectivity index (χ0) is 13.4. The van der Waals surface area contributed by atoms with Crippen molar-refractivity contribution in [3.05, 3.63) is 17.8 Å². The monoisotopic (exact) mass is 268 g/mol. The van der Waals surface area contributed by atoms with Crippen molar-refractivity contribution in [3.63, 3.8) is 0 Å². The van der Waals surface area contributed by atoms with Gasteiger partial charge in [-0.2, -0.15) is 0 Å². The molecule has 1 aromatic heterocycles. The second-order valence-electron chi connectivity index (χ2n) is 5.33. The van der Waals surface area contributed by atoms with Gasteiger partial charge >= 0.3 is 0 Å². The lowest BCUT2D eigenvalue weighted by atomic mass is 9.85. The number of aromatic nitrogens is 1. The van der Waals surface area contributed by atoms with Gasteiger partial charge in [-0.15, -0.1) is 0 Å². The number of nitrogens with zero attached hydrogens (tertiary/aromatic N) is 2. The fourth-order valence-electron chi connectivity index (χ4n) is 2.66. The van der Waals surface area contributed by atoms with E-state index >= 15 is 0 Å². The van der Waals surface area contributed by atoms with E-state index in [4.69, 9.17) is 4.42 Å². The van der Waals surface area contributed by atoms with E-state index in [0.29, 0.717) is 11.8 Å². The summed E-state index contributed by atoms with van der Waals surface area (Å²) in [7, 11) is 0. The van der Waals surface area contributed by atoms with Crippen molar-refractivity contribution < 1.29 is 18.7 Å².